The van der Waals surface area contributed by atoms with Crippen LogP contribution in [0.2, 0.25) is 0 Å². The minimum atomic E-state index is -0.655. The predicted octanol–water partition coefficient (Wildman–Crippen LogP) is 1.81. The summed E-state index contributed by atoms with van der Waals surface area (Å²) in [5.41, 5.74) is 6.81. The molecule has 19 heavy (non-hydrogen) atoms. The lowest BCUT2D eigenvalue weighted by Gasteiger charge is -2.40. The molecule has 0 bridgehead atoms. The third-order valence-corrected chi connectivity index (χ3v) is 4.08. The molecule has 1 aromatic rings. The Bertz CT molecular complexity index is 385. The van der Waals surface area contributed by atoms with Crippen molar-refractivity contribution in [3.63, 3.8) is 0 Å². The fourth-order valence-electron chi connectivity index (χ4n) is 3.32. The molecule has 1 aromatic carbocycles. The van der Waals surface area contributed by atoms with E-state index < -0.39 is 5.54 Å². The Morgan fingerprint density at radius 1 is 1.21 bits per heavy atom. The highest BCUT2D eigenvalue weighted by molar-refractivity contribution is 5.24. The Hall–Kier alpha value is -0.900. The summed E-state index contributed by atoms with van der Waals surface area (Å²) < 4.78 is 0. The lowest BCUT2D eigenvalue weighted by atomic mass is 9.87. The second kappa shape index (κ2) is 6.04. The van der Waals surface area contributed by atoms with E-state index in [2.05, 4.69) is 18.7 Å². The number of hydrogen-bond acceptors (Lipinski definition) is 3. The van der Waals surface area contributed by atoms with Crippen LogP contribution in [0.15, 0.2) is 30.3 Å². The molecule has 3 nitrogen and oxygen atoms in total. The maximum atomic E-state index is 9.75. The Labute approximate surface area is 116 Å². The summed E-state index contributed by atoms with van der Waals surface area (Å²) in [5.74, 6) is 1.42. The van der Waals surface area contributed by atoms with Gasteiger partial charge in [0.1, 0.15) is 0 Å². The minimum absolute atomic E-state index is 0.0176. The smallest absolute Gasteiger partial charge is 0.0772 e. The first-order chi connectivity index (χ1) is 9.03. The molecule has 0 saturated carbocycles. The molecular formula is C16H26N2O. The third-order valence-electron chi connectivity index (χ3n) is 4.08. The SMILES string of the molecule is CC1CC(C)CN(CC(N)(CO)c2ccccc2)C1. The second-order valence-electron chi connectivity index (χ2n) is 6.32. The molecule has 3 unspecified atom stereocenters. The van der Waals surface area contributed by atoms with E-state index >= 15 is 0 Å². The van der Waals surface area contributed by atoms with Crippen LogP contribution < -0.4 is 5.73 Å². The van der Waals surface area contributed by atoms with Crippen molar-refractivity contribution in [2.45, 2.75) is 25.8 Å². The van der Waals surface area contributed by atoms with Crippen molar-refractivity contribution in [3.8, 4) is 0 Å². The molecule has 1 aliphatic heterocycles. The molecule has 3 heteroatoms. The van der Waals surface area contributed by atoms with Crippen LogP contribution in [0.3, 0.4) is 0 Å². The van der Waals surface area contributed by atoms with Crippen molar-refractivity contribution < 1.29 is 5.11 Å². The van der Waals surface area contributed by atoms with Gasteiger partial charge in [0.05, 0.1) is 12.1 Å². The molecule has 3 atom stereocenters. The van der Waals surface area contributed by atoms with E-state index in [9.17, 15) is 5.11 Å². The number of hydrogen-bond donors (Lipinski definition) is 2. The van der Waals surface area contributed by atoms with Gasteiger partial charge in [0, 0.05) is 19.6 Å². The van der Waals surface area contributed by atoms with Gasteiger partial charge in [-0.2, -0.15) is 0 Å². The zero-order valence-corrected chi connectivity index (χ0v) is 12.0. The number of aliphatic hydroxyl groups is 1. The van der Waals surface area contributed by atoms with Gasteiger partial charge in [-0.05, 0) is 23.8 Å². The van der Waals surface area contributed by atoms with Crippen molar-refractivity contribution in [2.75, 3.05) is 26.2 Å². The molecule has 3 N–H and O–H groups in total. The number of benzene rings is 1. The van der Waals surface area contributed by atoms with Gasteiger partial charge in [-0.25, -0.2) is 0 Å². The molecule has 1 aliphatic rings. The van der Waals surface area contributed by atoms with Crippen molar-refractivity contribution in [2.24, 2.45) is 17.6 Å². The van der Waals surface area contributed by atoms with Gasteiger partial charge in [0.15, 0.2) is 0 Å². The van der Waals surface area contributed by atoms with E-state index in [1.54, 1.807) is 0 Å². The first-order valence-corrected chi connectivity index (χ1v) is 7.21. The molecule has 0 aromatic heterocycles. The van der Waals surface area contributed by atoms with Crippen LogP contribution in [-0.4, -0.2) is 36.2 Å². The minimum Gasteiger partial charge on any atom is -0.394 e. The van der Waals surface area contributed by atoms with E-state index in [4.69, 9.17) is 5.73 Å². The number of nitrogens with two attached hydrogens (primary N) is 1. The summed E-state index contributed by atoms with van der Waals surface area (Å²) in [6.07, 6.45) is 1.29. The highest BCUT2D eigenvalue weighted by atomic mass is 16.3. The average molecular weight is 262 g/mol. The summed E-state index contributed by atoms with van der Waals surface area (Å²) in [4.78, 5) is 2.40. The van der Waals surface area contributed by atoms with E-state index in [1.807, 2.05) is 30.3 Å². The molecular weight excluding hydrogens is 236 g/mol. The summed E-state index contributed by atoms with van der Waals surface area (Å²) in [7, 11) is 0. The van der Waals surface area contributed by atoms with Crippen LogP contribution in [0.5, 0.6) is 0 Å². The van der Waals surface area contributed by atoms with Crippen molar-refractivity contribution in [1.29, 1.82) is 0 Å². The maximum absolute atomic E-state index is 9.75. The lowest BCUT2D eigenvalue weighted by molar-refractivity contribution is 0.0851. The average Bonchev–Trinajstić information content (AvgIpc) is 2.38. The van der Waals surface area contributed by atoms with Gasteiger partial charge in [-0.15, -0.1) is 0 Å². The molecule has 106 valence electrons. The Morgan fingerprint density at radius 2 is 1.79 bits per heavy atom. The van der Waals surface area contributed by atoms with E-state index in [0.29, 0.717) is 11.8 Å². The quantitative estimate of drug-likeness (QED) is 0.870. The van der Waals surface area contributed by atoms with Gasteiger partial charge in [-0.1, -0.05) is 44.2 Å². The van der Waals surface area contributed by atoms with Crippen molar-refractivity contribution >= 4 is 0 Å². The highest BCUT2D eigenvalue weighted by Crippen LogP contribution is 2.25. The number of piperidine rings is 1. The summed E-state index contributed by atoms with van der Waals surface area (Å²) in [6.45, 7) is 7.45. The van der Waals surface area contributed by atoms with Gasteiger partial charge in [0.2, 0.25) is 0 Å². The molecule has 0 spiro atoms. The van der Waals surface area contributed by atoms with Crippen LogP contribution in [-0.2, 0) is 5.54 Å². The highest BCUT2D eigenvalue weighted by Gasteiger charge is 2.32. The molecule has 2 rings (SSSR count). The monoisotopic (exact) mass is 262 g/mol. The summed E-state index contributed by atoms with van der Waals surface area (Å²) in [5, 5.41) is 9.75. The molecule has 1 heterocycles. The predicted molar refractivity (Wildman–Crippen MR) is 78.8 cm³/mol. The Morgan fingerprint density at radius 3 is 2.32 bits per heavy atom. The van der Waals surface area contributed by atoms with Gasteiger partial charge < -0.3 is 15.7 Å². The van der Waals surface area contributed by atoms with Crippen molar-refractivity contribution in [3.05, 3.63) is 35.9 Å². The van der Waals surface area contributed by atoms with Gasteiger partial charge >= 0.3 is 0 Å². The van der Waals surface area contributed by atoms with E-state index in [0.717, 1.165) is 25.2 Å². The topological polar surface area (TPSA) is 49.5 Å². The Kier molecular flexibility index (Phi) is 4.61. The van der Waals surface area contributed by atoms with Gasteiger partial charge in [-0.3, -0.25) is 0 Å². The fourth-order valence-corrected chi connectivity index (χ4v) is 3.32. The van der Waals surface area contributed by atoms with Crippen LogP contribution in [0.4, 0.5) is 0 Å². The number of nitrogens with zero attached hydrogens (tertiary/aromatic N) is 1. The van der Waals surface area contributed by atoms with Crippen LogP contribution in [0.25, 0.3) is 0 Å². The van der Waals surface area contributed by atoms with E-state index in [1.165, 1.54) is 6.42 Å². The zero-order chi connectivity index (χ0) is 13.9. The molecule has 0 amide bonds. The first kappa shape index (κ1) is 14.5. The number of aliphatic hydroxyl groups excluding tert-OH is 1. The van der Waals surface area contributed by atoms with Crippen molar-refractivity contribution in [1.82, 2.24) is 4.90 Å². The standard InChI is InChI=1S/C16H26N2O/c1-13-8-14(2)10-18(9-13)11-16(17,12-19)15-6-4-3-5-7-15/h3-7,13-14,19H,8-12,17H2,1-2H3. The molecule has 0 aliphatic carbocycles. The number of likely N-dealkylation sites (tertiary alicyclic amines) is 1. The lowest BCUT2D eigenvalue weighted by Crippen LogP contribution is -2.53. The number of rotatable bonds is 4. The second-order valence-corrected chi connectivity index (χ2v) is 6.32. The zero-order valence-electron chi connectivity index (χ0n) is 12.0. The van der Waals surface area contributed by atoms with Crippen LogP contribution in [0.1, 0.15) is 25.8 Å². The molecule has 1 saturated heterocycles. The van der Waals surface area contributed by atoms with E-state index in [-0.39, 0.29) is 6.61 Å². The largest absolute Gasteiger partial charge is 0.394 e. The van der Waals surface area contributed by atoms with Crippen LogP contribution in [0, 0.1) is 11.8 Å². The summed E-state index contributed by atoms with van der Waals surface area (Å²) in [6, 6.07) is 9.95. The maximum Gasteiger partial charge on any atom is 0.0772 e. The Balaban J connectivity index is 2.10. The molecule has 1 fully saturated rings. The normalized spacial score (nSPS) is 28.0. The molecule has 0 radical (unpaired) electrons. The van der Waals surface area contributed by atoms with Crippen LogP contribution >= 0.6 is 0 Å². The summed E-state index contributed by atoms with van der Waals surface area (Å²) >= 11 is 0. The third kappa shape index (κ3) is 3.56. The van der Waals surface area contributed by atoms with Gasteiger partial charge in [0.25, 0.3) is 0 Å². The fraction of sp³-hybridized carbons (Fsp3) is 0.625. The first-order valence-electron chi connectivity index (χ1n) is 7.21.